The van der Waals surface area contributed by atoms with E-state index in [1.807, 2.05) is 0 Å². The molecule has 1 aliphatic carbocycles. The highest BCUT2D eigenvalue weighted by molar-refractivity contribution is 5.84. The van der Waals surface area contributed by atoms with Gasteiger partial charge in [-0.2, -0.15) is 0 Å². The van der Waals surface area contributed by atoms with E-state index in [0.717, 1.165) is 24.6 Å². The number of carbonyl (C=O) groups is 1. The first-order valence-corrected chi connectivity index (χ1v) is 6.28. The Balaban J connectivity index is 1.64. The molecule has 1 aromatic rings. The number of hydrogen-bond acceptors (Lipinski definition) is 4. The third kappa shape index (κ3) is 3.85. The maximum atomic E-state index is 10.7. The molecule has 0 saturated heterocycles. The van der Waals surface area contributed by atoms with E-state index in [1.165, 1.54) is 12.8 Å². The van der Waals surface area contributed by atoms with E-state index in [9.17, 15) is 4.79 Å². The van der Waals surface area contributed by atoms with Gasteiger partial charge in [-0.05, 0) is 31.7 Å². The van der Waals surface area contributed by atoms with Crippen molar-refractivity contribution in [2.45, 2.75) is 26.3 Å². The normalized spacial score (nSPS) is 14.9. The van der Waals surface area contributed by atoms with Gasteiger partial charge < -0.3 is 19.6 Å². The SMILES string of the molecule is Cc1oc(C(=O)O)cc1CNCCOCC1CC1. The van der Waals surface area contributed by atoms with Crippen molar-refractivity contribution in [2.75, 3.05) is 19.8 Å². The Kier molecular flexibility index (Phi) is 4.38. The van der Waals surface area contributed by atoms with E-state index in [4.69, 9.17) is 14.3 Å². The van der Waals surface area contributed by atoms with Gasteiger partial charge in [0.05, 0.1) is 6.61 Å². The molecule has 0 spiro atoms. The summed E-state index contributed by atoms with van der Waals surface area (Å²) in [4.78, 5) is 10.7. The van der Waals surface area contributed by atoms with E-state index in [-0.39, 0.29) is 5.76 Å². The first kappa shape index (κ1) is 13.1. The van der Waals surface area contributed by atoms with Gasteiger partial charge in [0.15, 0.2) is 0 Å². The van der Waals surface area contributed by atoms with Crippen LogP contribution in [0.2, 0.25) is 0 Å². The lowest BCUT2D eigenvalue weighted by atomic mass is 10.2. The fourth-order valence-corrected chi connectivity index (χ4v) is 1.70. The van der Waals surface area contributed by atoms with Crippen LogP contribution in [-0.4, -0.2) is 30.8 Å². The third-order valence-corrected chi connectivity index (χ3v) is 3.02. The van der Waals surface area contributed by atoms with Crippen LogP contribution in [0, 0.1) is 12.8 Å². The van der Waals surface area contributed by atoms with Gasteiger partial charge in [-0.25, -0.2) is 4.79 Å². The molecule has 1 aliphatic rings. The van der Waals surface area contributed by atoms with E-state index < -0.39 is 5.97 Å². The van der Waals surface area contributed by atoms with E-state index in [1.54, 1.807) is 13.0 Å². The minimum Gasteiger partial charge on any atom is -0.475 e. The van der Waals surface area contributed by atoms with Crippen molar-refractivity contribution in [2.24, 2.45) is 5.92 Å². The van der Waals surface area contributed by atoms with Gasteiger partial charge >= 0.3 is 5.97 Å². The van der Waals surface area contributed by atoms with E-state index in [0.29, 0.717) is 18.9 Å². The van der Waals surface area contributed by atoms with Crippen molar-refractivity contribution < 1.29 is 19.1 Å². The molecule has 0 radical (unpaired) electrons. The van der Waals surface area contributed by atoms with Gasteiger partial charge in [-0.1, -0.05) is 0 Å². The molecule has 0 aliphatic heterocycles. The summed E-state index contributed by atoms with van der Waals surface area (Å²) >= 11 is 0. The Hall–Kier alpha value is -1.33. The van der Waals surface area contributed by atoms with Crippen LogP contribution in [0.25, 0.3) is 0 Å². The third-order valence-electron chi connectivity index (χ3n) is 3.02. The molecular formula is C13H19NO4. The number of ether oxygens (including phenoxy) is 1. The lowest BCUT2D eigenvalue weighted by molar-refractivity contribution is 0.0661. The number of aryl methyl sites for hydroxylation is 1. The standard InChI is InChI=1S/C13H19NO4/c1-9-11(6-12(18-9)13(15)16)7-14-4-5-17-8-10-2-3-10/h6,10,14H,2-5,7-8H2,1H3,(H,15,16). The summed E-state index contributed by atoms with van der Waals surface area (Å²) in [5, 5.41) is 12.0. The lowest BCUT2D eigenvalue weighted by Gasteiger charge is -2.04. The number of hydrogen-bond donors (Lipinski definition) is 2. The molecule has 0 aromatic carbocycles. The number of rotatable bonds is 8. The number of carboxylic acid groups (broad SMARTS) is 1. The Bertz CT molecular complexity index is 409. The van der Waals surface area contributed by atoms with Gasteiger partial charge in [-0.15, -0.1) is 0 Å². The van der Waals surface area contributed by atoms with Crippen LogP contribution in [0.15, 0.2) is 10.5 Å². The van der Waals surface area contributed by atoms with Crippen molar-refractivity contribution in [1.29, 1.82) is 0 Å². The molecule has 2 N–H and O–H groups in total. The fourth-order valence-electron chi connectivity index (χ4n) is 1.70. The van der Waals surface area contributed by atoms with Crippen LogP contribution in [0.3, 0.4) is 0 Å². The molecule has 2 rings (SSSR count). The molecule has 0 bridgehead atoms. The molecule has 1 aromatic heterocycles. The topological polar surface area (TPSA) is 71.7 Å². The van der Waals surface area contributed by atoms with Crippen LogP contribution in [0.5, 0.6) is 0 Å². The van der Waals surface area contributed by atoms with Crippen LogP contribution >= 0.6 is 0 Å². The zero-order valence-corrected chi connectivity index (χ0v) is 10.6. The van der Waals surface area contributed by atoms with Crippen LogP contribution < -0.4 is 5.32 Å². The average Bonchev–Trinajstić information content (AvgIpc) is 3.07. The molecule has 0 amide bonds. The largest absolute Gasteiger partial charge is 0.475 e. The Morgan fingerprint density at radius 1 is 1.61 bits per heavy atom. The summed E-state index contributed by atoms with van der Waals surface area (Å²) in [6, 6.07) is 1.57. The van der Waals surface area contributed by atoms with E-state index >= 15 is 0 Å². The van der Waals surface area contributed by atoms with Gasteiger partial charge in [-0.3, -0.25) is 0 Å². The Morgan fingerprint density at radius 2 is 2.39 bits per heavy atom. The summed E-state index contributed by atoms with van der Waals surface area (Å²) < 4.78 is 10.6. The van der Waals surface area contributed by atoms with Gasteiger partial charge in [0.25, 0.3) is 0 Å². The Labute approximate surface area is 106 Å². The highest BCUT2D eigenvalue weighted by Crippen LogP contribution is 2.28. The average molecular weight is 253 g/mol. The molecule has 1 fully saturated rings. The predicted octanol–water partition coefficient (Wildman–Crippen LogP) is 1.80. The van der Waals surface area contributed by atoms with Crippen LogP contribution in [-0.2, 0) is 11.3 Å². The molecule has 100 valence electrons. The number of aromatic carboxylic acids is 1. The first-order chi connectivity index (χ1) is 8.66. The maximum absolute atomic E-state index is 10.7. The quantitative estimate of drug-likeness (QED) is 0.691. The molecule has 1 heterocycles. The Morgan fingerprint density at radius 3 is 3.00 bits per heavy atom. The number of carboxylic acids is 1. The second-order valence-electron chi connectivity index (χ2n) is 4.69. The van der Waals surface area contributed by atoms with Crippen molar-refractivity contribution in [3.63, 3.8) is 0 Å². The number of furan rings is 1. The van der Waals surface area contributed by atoms with Gasteiger partial charge in [0, 0.05) is 25.3 Å². The molecular weight excluding hydrogens is 234 g/mol. The monoisotopic (exact) mass is 253 g/mol. The zero-order valence-electron chi connectivity index (χ0n) is 10.6. The smallest absolute Gasteiger partial charge is 0.371 e. The van der Waals surface area contributed by atoms with Gasteiger partial charge in [0.1, 0.15) is 5.76 Å². The van der Waals surface area contributed by atoms with Crippen LogP contribution in [0.4, 0.5) is 0 Å². The minimum atomic E-state index is -1.03. The van der Waals surface area contributed by atoms with Crippen molar-refractivity contribution >= 4 is 5.97 Å². The highest BCUT2D eigenvalue weighted by atomic mass is 16.5. The summed E-state index contributed by atoms with van der Waals surface area (Å²) in [6.45, 7) is 4.71. The second kappa shape index (κ2) is 6.02. The summed E-state index contributed by atoms with van der Waals surface area (Å²) in [6.07, 6.45) is 2.61. The predicted molar refractivity (Wildman–Crippen MR) is 65.7 cm³/mol. The summed E-state index contributed by atoms with van der Waals surface area (Å²) in [5.74, 6) is 0.407. The van der Waals surface area contributed by atoms with Crippen LogP contribution in [0.1, 0.15) is 34.7 Å². The molecule has 0 atom stereocenters. The molecule has 0 unspecified atom stereocenters. The molecule has 18 heavy (non-hydrogen) atoms. The van der Waals surface area contributed by atoms with Gasteiger partial charge in [0.2, 0.25) is 5.76 Å². The molecule has 5 heteroatoms. The van der Waals surface area contributed by atoms with Crippen molar-refractivity contribution in [1.82, 2.24) is 5.32 Å². The maximum Gasteiger partial charge on any atom is 0.371 e. The van der Waals surface area contributed by atoms with Crippen molar-refractivity contribution in [3.8, 4) is 0 Å². The van der Waals surface area contributed by atoms with Crippen molar-refractivity contribution in [3.05, 3.63) is 23.2 Å². The first-order valence-electron chi connectivity index (χ1n) is 6.28. The minimum absolute atomic E-state index is 0.00529. The summed E-state index contributed by atoms with van der Waals surface area (Å²) in [5.41, 5.74) is 0.884. The lowest BCUT2D eigenvalue weighted by Crippen LogP contribution is -2.19. The summed E-state index contributed by atoms with van der Waals surface area (Å²) in [7, 11) is 0. The van der Waals surface area contributed by atoms with E-state index in [2.05, 4.69) is 5.32 Å². The second-order valence-corrected chi connectivity index (χ2v) is 4.69. The molecule has 1 saturated carbocycles. The number of nitrogens with one attached hydrogen (secondary N) is 1. The highest BCUT2D eigenvalue weighted by Gasteiger charge is 2.20. The molecule has 5 nitrogen and oxygen atoms in total. The fraction of sp³-hybridized carbons (Fsp3) is 0.615. The zero-order chi connectivity index (χ0) is 13.0.